The number of hydrogen-bond acceptors (Lipinski definition) is 1. The van der Waals surface area contributed by atoms with Gasteiger partial charge in [-0.1, -0.05) is 221 Å². The summed E-state index contributed by atoms with van der Waals surface area (Å²) in [6.07, 6.45) is 7.94. The quantitative estimate of drug-likeness (QED) is 0.144. The summed E-state index contributed by atoms with van der Waals surface area (Å²) >= 11 is 0. The Morgan fingerprint density at radius 2 is 1.00 bits per heavy atom. The zero-order chi connectivity index (χ0) is 48.6. The maximum absolute atomic E-state index is 3.50. The van der Waals surface area contributed by atoms with Gasteiger partial charge in [-0.2, -0.15) is 0 Å². The van der Waals surface area contributed by atoms with E-state index >= 15 is 0 Å². The number of rotatable bonds is 10. The van der Waals surface area contributed by atoms with E-state index in [1.807, 2.05) is 19.9 Å². The highest BCUT2D eigenvalue weighted by Gasteiger charge is 2.26. The molecule has 0 radical (unpaired) electrons. The highest BCUT2D eigenvalue weighted by molar-refractivity contribution is 5.87. The van der Waals surface area contributed by atoms with Crippen LogP contribution in [0.4, 0.5) is 11.4 Å². The second kappa shape index (κ2) is 24.7. The highest BCUT2D eigenvalue weighted by atomic mass is 14.9. The molecular formula is C67H73N. The van der Waals surface area contributed by atoms with Gasteiger partial charge in [0.15, 0.2) is 0 Å². The fourth-order valence-electron chi connectivity index (χ4n) is 9.34. The van der Waals surface area contributed by atoms with Gasteiger partial charge >= 0.3 is 0 Å². The summed E-state index contributed by atoms with van der Waals surface area (Å²) in [7, 11) is 0. The van der Waals surface area contributed by atoms with Crippen LogP contribution in [0.15, 0.2) is 200 Å². The van der Waals surface area contributed by atoms with Crippen LogP contribution < -0.4 is 5.32 Å². The molecule has 0 spiro atoms. The summed E-state index contributed by atoms with van der Waals surface area (Å²) in [6, 6.07) is 65.1. The first-order valence-corrected chi connectivity index (χ1v) is 24.9. The monoisotopic (exact) mass is 892 g/mol. The molecular weight excluding hydrogens is 819 g/mol. The van der Waals surface area contributed by atoms with Crippen molar-refractivity contribution in [1.82, 2.24) is 0 Å². The first kappa shape index (κ1) is 50.5. The Kier molecular flexibility index (Phi) is 18.3. The summed E-state index contributed by atoms with van der Waals surface area (Å²) in [5, 5.41) is 3.50. The predicted octanol–water partition coefficient (Wildman–Crippen LogP) is 19.8. The molecule has 0 saturated heterocycles. The molecule has 0 amide bonds. The van der Waals surface area contributed by atoms with E-state index in [0.29, 0.717) is 5.92 Å². The second-order valence-electron chi connectivity index (χ2n) is 17.7. The van der Waals surface area contributed by atoms with Crippen LogP contribution in [-0.2, 0) is 6.42 Å². The summed E-state index contributed by atoms with van der Waals surface area (Å²) in [5.74, 6) is 0.577. The Morgan fingerprint density at radius 3 is 1.63 bits per heavy atom. The molecule has 0 aliphatic heterocycles. The van der Waals surface area contributed by atoms with Crippen LogP contribution in [0.5, 0.6) is 0 Å². The topological polar surface area (TPSA) is 12.0 Å². The van der Waals surface area contributed by atoms with Crippen molar-refractivity contribution in [3.8, 4) is 44.5 Å². The van der Waals surface area contributed by atoms with Crippen LogP contribution in [0.1, 0.15) is 105 Å². The number of benzene rings is 8. The normalized spacial score (nSPS) is 12.5. The molecule has 1 atom stereocenters. The lowest BCUT2D eigenvalue weighted by atomic mass is 9.88. The SMILES string of the molecule is CC.CC/C=C\C1=C(C)C(CC)c2ccc(-c3ccc(C)cc3)cc21.CCc1cccc(-c2cccc(-c3ccccc3C)c2C)c1C.Cc1ccc(Nc2ccccc2-c2ccccc2)cc1. The number of para-hydroxylation sites is 1. The van der Waals surface area contributed by atoms with Crippen molar-refractivity contribution in [2.75, 3.05) is 5.32 Å². The summed E-state index contributed by atoms with van der Waals surface area (Å²) in [5.41, 5.74) is 26.6. The molecule has 1 aliphatic carbocycles. The van der Waals surface area contributed by atoms with Crippen molar-refractivity contribution in [1.29, 1.82) is 0 Å². The molecule has 1 N–H and O–H groups in total. The Hall–Kier alpha value is -6.96. The third-order valence-corrected chi connectivity index (χ3v) is 13.2. The minimum absolute atomic E-state index is 0.577. The third-order valence-electron chi connectivity index (χ3n) is 13.2. The molecule has 0 aromatic heterocycles. The lowest BCUT2D eigenvalue weighted by molar-refractivity contribution is 0.776. The Balaban J connectivity index is 0.000000165. The molecule has 0 saturated carbocycles. The molecule has 346 valence electrons. The lowest BCUT2D eigenvalue weighted by Crippen LogP contribution is -1.94. The number of aryl methyl sites for hydroxylation is 4. The Labute approximate surface area is 410 Å². The van der Waals surface area contributed by atoms with Gasteiger partial charge in [0.2, 0.25) is 0 Å². The maximum atomic E-state index is 3.50. The number of nitrogens with one attached hydrogen (secondary N) is 1. The van der Waals surface area contributed by atoms with Gasteiger partial charge in [-0.05, 0) is 163 Å². The van der Waals surface area contributed by atoms with Gasteiger partial charge in [-0.3, -0.25) is 0 Å². The molecule has 1 nitrogen and oxygen atoms in total. The van der Waals surface area contributed by atoms with Gasteiger partial charge < -0.3 is 5.32 Å². The van der Waals surface area contributed by atoms with Crippen molar-refractivity contribution >= 4 is 16.9 Å². The van der Waals surface area contributed by atoms with Crippen LogP contribution in [0.3, 0.4) is 0 Å². The third kappa shape index (κ3) is 12.1. The van der Waals surface area contributed by atoms with Crippen molar-refractivity contribution < 1.29 is 0 Å². The van der Waals surface area contributed by atoms with Crippen LogP contribution in [0.2, 0.25) is 0 Å². The molecule has 8 aromatic rings. The number of allylic oxidation sites excluding steroid dienone is 4. The van der Waals surface area contributed by atoms with E-state index in [0.717, 1.165) is 24.2 Å². The van der Waals surface area contributed by atoms with Gasteiger partial charge in [-0.25, -0.2) is 0 Å². The van der Waals surface area contributed by atoms with Gasteiger partial charge in [-0.15, -0.1) is 0 Å². The zero-order valence-corrected chi connectivity index (χ0v) is 42.7. The van der Waals surface area contributed by atoms with Crippen molar-refractivity contribution in [2.24, 2.45) is 0 Å². The first-order chi connectivity index (χ1) is 33.1. The molecule has 0 bridgehead atoms. The summed E-state index contributed by atoms with van der Waals surface area (Å²) < 4.78 is 0. The number of hydrogen-bond donors (Lipinski definition) is 1. The standard InChI is InChI=1S/C23H24.C23H26.C19H17N.C2H6/c1-5-19-11-8-13-21(17(19)3)23-15-9-14-22(18(23)4)20-12-7-6-10-16(20)2;1-5-7-8-21-17(4)20(6-2)22-14-13-19(15-23(21)22)18-11-9-16(3)10-12-18;1-15-11-13-17(14-12-15)20-19-10-6-5-9-18(19)16-7-3-2-4-8-16;1-2/h6-15H,5H2,1-4H3;7-15,20H,5-6H2,1-4H3;2-14,20H,1H3;1-2H3/b;8-7-;;. The summed E-state index contributed by atoms with van der Waals surface area (Å²) in [6.45, 7) is 23.9. The predicted molar refractivity (Wildman–Crippen MR) is 300 cm³/mol. The van der Waals surface area contributed by atoms with Crippen LogP contribution >= 0.6 is 0 Å². The average Bonchev–Trinajstić information content (AvgIpc) is 3.65. The molecule has 1 unspecified atom stereocenters. The Morgan fingerprint density at radius 1 is 0.456 bits per heavy atom. The van der Waals surface area contributed by atoms with Crippen LogP contribution in [-0.4, -0.2) is 0 Å². The minimum atomic E-state index is 0.577. The van der Waals surface area contributed by atoms with Gasteiger partial charge in [0.25, 0.3) is 0 Å². The first-order valence-electron chi connectivity index (χ1n) is 24.9. The largest absolute Gasteiger partial charge is 0.355 e. The molecule has 68 heavy (non-hydrogen) atoms. The minimum Gasteiger partial charge on any atom is -0.355 e. The van der Waals surface area contributed by atoms with Crippen molar-refractivity contribution in [3.05, 3.63) is 244 Å². The zero-order valence-electron chi connectivity index (χ0n) is 42.7. The summed E-state index contributed by atoms with van der Waals surface area (Å²) in [4.78, 5) is 0. The van der Waals surface area contributed by atoms with E-state index in [9.17, 15) is 0 Å². The van der Waals surface area contributed by atoms with Crippen LogP contribution in [0.25, 0.3) is 50.1 Å². The van der Waals surface area contributed by atoms with E-state index < -0.39 is 0 Å². The van der Waals surface area contributed by atoms with Gasteiger partial charge in [0.05, 0.1) is 0 Å². The van der Waals surface area contributed by atoms with E-state index in [1.165, 1.54) is 107 Å². The van der Waals surface area contributed by atoms with Crippen molar-refractivity contribution in [2.45, 2.75) is 101 Å². The Bertz CT molecular complexity index is 2930. The fraction of sp³-hybridized carbons (Fsp3) is 0.224. The number of anilines is 2. The molecule has 1 aliphatic rings. The molecule has 0 heterocycles. The van der Waals surface area contributed by atoms with Gasteiger partial charge in [0, 0.05) is 22.9 Å². The highest BCUT2D eigenvalue weighted by Crippen LogP contribution is 2.45. The molecule has 1 heteroatoms. The number of fused-ring (bicyclic) bond motifs is 1. The van der Waals surface area contributed by atoms with E-state index in [-0.39, 0.29) is 0 Å². The fourth-order valence-corrected chi connectivity index (χ4v) is 9.34. The van der Waals surface area contributed by atoms with E-state index in [2.05, 4.69) is 256 Å². The molecule has 9 rings (SSSR count). The molecule has 0 fully saturated rings. The lowest BCUT2D eigenvalue weighted by Gasteiger charge is -2.16. The second-order valence-corrected chi connectivity index (χ2v) is 17.7. The smallest absolute Gasteiger partial charge is 0.0463 e. The van der Waals surface area contributed by atoms with Crippen LogP contribution in [0, 0.1) is 34.6 Å². The van der Waals surface area contributed by atoms with E-state index in [1.54, 1.807) is 0 Å². The van der Waals surface area contributed by atoms with Crippen molar-refractivity contribution in [3.63, 3.8) is 0 Å². The maximum Gasteiger partial charge on any atom is 0.0463 e. The average molecular weight is 892 g/mol. The molecule has 8 aromatic carbocycles. The van der Waals surface area contributed by atoms with Gasteiger partial charge in [0.1, 0.15) is 0 Å². The van der Waals surface area contributed by atoms with E-state index in [4.69, 9.17) is 0 Å².